The Kier molecular flexibility index (Phi) is 5.74. The molecule has 2 rings (SSSR count). The van der Waals surface area contributed by atoms with Crippen molar-refractivity contribution in [3.05, 3.63) is 59.7 Å². The third-order valence-electron chi connectivity index (χ3n) is 3.16. The number of carbonyl (C=O) groups excluding carboxylic acids is 1. The highest BCUT2D eigenvalue weighted by Gasteiger charge is 2.06. The molecule has 0 bridgehead atoms. The molecule has 0 aromatic heterocycles. The molecule has 23 heavy (non-hydrogen) atoms. The van der Waals surface area contributed by atoms with Gasteiger partial charge in [-0.25, -0.2) is 4.79 Å². The van der Waals surface area contributed by atoms with Gasteiger partial charge in [0.2, 0.25) is 0 Å². The first-order valence-electron chi connectivity index (χ1n) is 7.27. The maximum Gasteiger partial charge on any atom is 0.338 e. The van der Waals surface area contributed by atoms with E-state index in [1.54, 1.807) is 38.3 Å². The fraction of sp³-hybridized carbons (Fsp3) is 0.222. The van der Waals surface area contributed by atoms with Gasteiger partial charge >= 0.3 is 5.97 Å². The van der Waals surface area contributed by atoms with Crippen LogP contribution in [-0.2, 0) is 4.74 Å². The Balaban J connectivity index is 2.02. The molecule has 0 fully saturated rings. The maximum absolute atomic E-state index is 11.6. The van der Waals surface area contributed by atoms with Gasteiger partial charge in [0.15, 0.2) is 5.75 Å². The van der Waals surface area contributed by atoms with Gasteiger partial charge in [-0.15, -0.1) is 0 Å². The minimum absolute atomic E-state index is 0.350. The van der Waals surface area contributed by atoms with E-state index in [0.29, 0.717) is 17.9 Å². The van der Waals surface area contributed by atoms with E-state index in [4.69, 9.17) is 14.3 Å². The maximum atomic E-state index is 11.6. The van der Waals surface area contributed by atoms with Crippen molar-refractivity contribution in [2.45, 2.75) is 13.8 Å². The average molecular weight is 313 g/mol. The normalized spacial score (nSPS) is 11.0. The molecule has 0 saturated heterocycles. The highest BCUT2D eigenvalue weighted by atomic mass is 16.6. The lowest BCUT2D eigenvalue weighted by molar-refractivity contribution is 0.0526. The fourth-order valence-electron chi connectivity index (χ4n) is 1.87. The number of rotatable bonds is 6. The van der Waals surface area contributed by atoms with Gasteiger partial charge in [-0.1, -0.05) is 5.16 Å². The van der Waals surface area contributed by atoms with Crippen LogP contribution >= 0.6 is 0 Å². The molecule has 0 amide bonds. The molecule has 0 heterocycles. The predicted octanol–water partition coefficient (Wildman–Crippen LogP) is 3.67. The van der Waals surface area contributed by atoms with Crippen LogP contribution in [0, 0.1) is 0 Å². The summed E-state index contributed by atoms with van der Waals surface area (Å²) < 4.78 is 10.0. The molecule has 5 nitrogen and oxygen atoms in total. The Hall–Kier alpha value is -2.82. The third-order valence-corrected chi connectivity index (χ3v) is 3.16. The summed E-state index contributed by atoms with van der Waals surface area (Å²) in [5.74, 6) is 0.986. The van der Waals surface area contributed by atoms with Crippen LogP contribution in [0.5, 0.6) is 11.5 Å². The largest absolute Gasteiger partial charge is 0.497 e. The second kappa shape index (κ2) is 7.98. The number of carbonyl (C=O) groups is 1. The lowest BCUT2D eigenvalue weighted by Crippen LogP contribution is -2.04. The van der Waals surface area contributed by atoms with Crippen molar-refractivity contribution in [1.82, 2.24) is 0 Å². The Bertz CT molecular complexity index is 675. The highest BCUT2D eigenvalue weighted by molar-refractivity contribution is 5.98. The smallest absolute Gasteiger partial charge is 0.338 e. The summed E-state index contributed by atoms with van der Waals surface area (Å²) in [5.41, 5.74) is 2.16. The van der Waals surface area contributed by atoms with E-state index in [2.05, 4.69) is 5.16 Å². The first-order chi connectivity index (χ1) is 11.1. The standard InChI is InChI=1S/C18H19NO4/c1-4-22-18(20)15-7-11-17(12-8-15)23-19-13(2)14-5-9-16(21-3)10-6-14/h5-12H,4H2,1-3H3/b19-13+. The minimum Gasteiger partial charge on any atom is -0.497 e. The van der Waals surface area contributed by atoms with Gasteiger partial charge in [-0.05, 0) is 67.9 Å². The van der Waals surface area contributed by atoms with E-state index in [1.165, 1.54) is 0 Å². The fourth-order valence-corrected chi connectivity index (χ4v) is 1.87. The molecule has 2 aromatic rings. The summed E-state index contributed by atoms with van der Waals surface area (Å²) in [6.45, 7) is 3.98. The molecule has 0 atom stereocenters. The van der Waals surface area contributed by atoms with Crippen LogP contribution < -0.4 is 9.57 Å². The van der Waals surface area contributed by atoms with Gasteiger partial charge in [0.25, 0.3) is 0 Å². The van der Waals surface area contributed by atoms with E-state index < -0.39 is 0 Å². The Morgan fingerprint density at radius 1 is 0.957 bits per heavy atom. The molecule has 0 spiro atoms. The zero-order valence-corrected chi connectivity index (χ0v) is 13.4. The number of ether oxygens (including phenoxy) is 2. The molecule has 120 valence electrons. The zero-order chi connectivity index (χ0) is 16.7. The van der Waals surface area contributed by atoms with E-state index >= 15 is 0 Å². The van der Waals surface area contributed by atoms with Gasteiger partial charge in [0.05, 0.1) is 25.0 Å². The first kappa shape index (κ1) is 16.5. The van der Waals surface area contributed by atoms with Gasteiger partial charge < -0.3 is 14.3 Å². The van der Waals surface area contributed by atoms with E-state index in [-0.39, 0.29) is 5.97 Å². The topological polar surface area (TPSA) is 57.1 Å². The summed E-state index contributed by atoms with van der Waals surface area (Å²) in [6, 6.07) is 14.2. The molecule has 0 radical (unpaired) electrons. The number of nitrogens with zero attached hydrogens (tertiary/aromatic N) is 1. The van der Waals surface area contributed by atoms with Crippen molar-refractivity contribution in [2.75, 3.05) is 13.7 Å². The predicted molar refractivity (Wildman–Crippen MR) is 88.2 cm³/mol. The third kappa shape index (κ3) is 4.57. The van der Waals surface area contributed by atoms with Gasteiger partial charge in [-0.3, -0.25) is 0 Å². The molecule has 0 aliphatic carbocycles. The molecular formula is C18H19NO4. The van der Waals surface area contributed by atoms with Crippen molar-refractivity contribution >= 4 is 11.7 Å². The molecule has 0 N–H and O–H groups in total. The quantitative estimate of drug-likeness (QED) is 0.464. The van der Waals surface area contributed by atoms with Crippen LogP contribution in [0.4, 0.5) is 0 Å². The number of hydrogen-bond acceptors (Lipinski definition) is 5. The van der Waals surface area contributed by atoms with E-state index in [9.17, 15) is 4.79 Å². The summed E-state index contributed by atoms with van der Waals surface area (Å²) in [4.78, 5) is 16.9. The Morgan fingerprint density at radius 2 is 1.52 bits per heavy atom. The number of esters is 1. The number of oxime groups is 1. The molecule has 2 aromatic carbocycles. The van der Waals surface area contributed by atoms with Gasteiger partial charge in [0, 0.05) is 0 Å². The van der Waals surface area contributed by atoms with Crippen molar-refractivity contribution in [3.63, 3.8) is 0 Å². The zero-order valence-electron chi connectivity index (χ0n) is 13.4. The molecule has 0 unspecified atom stereocenters. The molecule has 0 aliphatic heterocycles. The number of methoxy groups -OCH3 is 1. The van der Waals surface area contributed by atoms with Crippen LogP contribution in [0.1, 0.15) is 29.8 Å². The molecule has 0 saturated carbocycles. The van der Waals surface area contributed by atoms with Crippen molar-refractivity contribution in [2.24, 2.45) is 5.16 Å². The van der Waals surface area contributed by atoms with Crippen LogP contribution in [-0.4, -0.2) is 25.4 Å². The van der Waals surface area contributed by atoms with E-state index in [1.807, 2.05) is 31.2 Å². The van der Waals surface area contributed by atoms with Crippen LogP contribution in [0.3, 0.4) is 0 Å². The first-order valence-corrected chi connectivity index (χ1v) is 7.27. The second-order valence-corrected chi connectivity index (χ2v) is 4.74. The van der Waals surface area contributed by atoms with Crippen molar-refractivity contribution in [1.29, 1.82) is 0 Å². The van der Waals surface area contributed by atoms with Crippen LogP contribution in [0.25, 0.3) is 0 Å². The van der Waals surface area contributed by atoms with E-state index in [0.717, 1.165) is 17.0 Å². The summed E-state index contributed by atoms with van der Waals surface area (Å²) >= 11 is 0. The van der Waals surface area contributed by atoms with Gasteiger partial charge in [-0.2, -0.15) is 0 Å². The molecule has 5 heteroatoms. The lowest BCUT2D eigenvalue weighted by Gasteiger charge is -2.05. The van der Waals surface area contributed by atoms with Crippen molar-refractivity contribution in [3.8, 4) is 11.5 Å². The summed E-state index contributed by atoms with van der Waals surface area (Å²) in [6.07, 6.45) is 0. The Labute approximate surface area is 135 Å². The SMILES string of the molecule is CCOC(=O)c1ccc(O/N=C(\C)c2ccc(OC)cc2)cc1. The number of benzene rings is 2. The van der Waals surface area contributed by atoms with Gasteiger partial charge in [0.1, 0.15) is 5.75 Å². The summed E-state index contributed by atoms with van der Waals surface area (Å²) in [5, 5.41) is 4.09. The second-order valence-electron chi connectivity index (χ2n) is 4.74. The molecular weight excluding hydrogens is 294 g/mol. The highest BCUT2D eigenvalue weighted by Crippen LogP contribution is 2.15. The lowest BCUT2D eigenvalue weighted by atomic mass is 10.1. The minimum atomic E-state index is -0.350. The average Bonchev–Trinajstić information content (AvgIpc) is 2.60. The van der Waals surface area contributed by atoms with Crippen LogP contribution in [0.2, 0.25) is 0 Å². The van der Waals surface area contributed by atoms with Crippen LogP contribution in [0.15, 0.2) is 53.7 Å². The Morgan fingerprint density at radius 3 is 2.09 bits per heavy atom. The van der Waals surface area contributed by atoms with Crippen molar-refractivity contribution < 1.29 is 19.1 Å². The number of hydrogen-bond donors (Lipinski definition) is 0. The summed E-state index contributed by atoms with van der Waals surface area (Å²) in [7, 11) is 1.62. The monoisotopic (exact) mass is 313 g/mol. The molecule has 0 aliphatic rings.